The molecule has 0 aliphatic carbocycles. The first-order valence-corrected chi connectivity index (χ1v) is 13.4. The molecule has 0 spiro atoms. The smallest absolute Gasteiger partial charge is 0.136 e. The second kappa shape index (κ2) is 21.1. The van der Waals surface area contributed by atoms with Gasteiger partial charge in [-0.2, -0.15) is 0 Å². The topological polar surface area (TPSA) is 20.2 Å². The van der Waals surface area contributed by atoms with Crippen LogP contribution in [0.3, 0.4) is 0 Å². The van der Waals surface area contributed by atoms with Crippen LogP contribution in [0.2, 0.25) is 0 Å². The number of halogens is 1. The third-order valence-electron chi connectivity index (χ3n) is 6.64. The van der Waals surface area contributed by atoms with E-state index < -0.39 is 11.8 Å². The molecule has 0 saturated heterocycles. The Morgan fingerprint density at radius 2 is 0.759 bits per heavy atom. The Morgan fingerprint density at radius 1 is 0.517 bits per heavy atom. The van der Waals surface area contributed by atoms with Crippen LogP contribution >= 0.6 is 0 Å². The zero-order valence-electron chi connectivity index (χ0n) is 20.5. The molecule has 0 aromatic rings. The van der Waals surface area contributed by atoms with Gasteiger partial charge in [0.25, 0.3) is 0 Å². The van der Waals surface area contributed by atoms with Crippen molar-refractivity contribution in [3.8, 4) is 0 Å². The quantitative estimate of drug-likeness (QED) is 0.165. The van der Waals surface area contributed by atoms with Crippen LogP contribution in [0.4, 0.5) is 4.39 Å². The lowest BCUT2D eigenvalue weighted by molar-refractivity contribution is -0.0134. The molecular weight excluding hydrogens is 359 g/mol. The molecule has 1 nitrogen and oxygen atoms in total. The first-order valence-electron chi connectivity index (χ1n) is 13.4. The Bertz CT molecular complexity index is 318. The third-order valence-corrected chi connectivity index (χ3v) is 6.64. The average molecular weight is 415 g/mol. The van der Waals surface area contributed by atoms with Crippen LogP contribution < -0.4 is 0 Å². The van der Waals surface area contributed by atoms with Crippen molar-refractivity contribution in [2.75, 3.05) is 0 Å². The highest BCUT2D eigenvalue weighted by Crippen LogP contribution is 2.30. The van der Waals surface area contributed by atoms with Gasteiger partial charge in [-0.3, -0.25) is 0 Å². The minimum absolute atomic E-state index is 0.535. The summed E-state index contributed by atoms with van der Waals surface area (Å²) in [6.45, 7) is 6.11. The van der Waals surface area contributed by atoms with Crippen molar-refractivity contribution in [2.24, 2.45) is 0 Å². The fraction of sp³-hybridized carbons (Fsp3) is 1.00. The molecule has 0 aliphatic rings. The number of alkyl halides is 1. The lowest BCUT2D eigenvalue weighted by atomic mass is 9.87. The lowest BCUT2D eigenvalue weighted by Gasteiger charge is -2.28. The van der Waals surface area contributed by atoms with Crippen molar-refractivity contribution >= 4 is 0 Å². The predicted molar refractivity (Wildman–Crippen MR) is 128 cm³/mol. The summed E-state index contributed by atoms with van der Waals surface area (Å²) in [5.74, 6) is 0. The Kier molecular flexibility index (Phi) is 21.1. The summed E-state index contributed by atoms with van der Waals surface area (Å²) in [6.07, 6.45) is 25.9. The molecule has 29 heavy (non-hydrogen) atoms. The summed E-state index contributed by atoms with van der Waals surface area (Å²) in [7, 11) is 0. The average Bonchev–Trinajstić information content (AvgIpc) is 2.70. The normalized spacial score (nSPS) is 14.8. The molecule has 0 saturated carbocycles. The van der Waals surface area contributed by atoms with Gasteiger partial charge in [-0.25, -0.2) is 4.39 Å². The van der Waals surface area contributed by atoms with Crippen LogP contribution in [0.25, 0.3) is 0 Å². The fourth-order valence-electron chi connectivity index (χ4n) is 4.36. The van der Waals surface area contributed by atoms with E-state index >= 15 is 4.39 Å². The van der Waals surface area contributed by atoms with Gasteiger partial charge in [-0.1, -0.05) is 142 Å². The number of rotatable bonds is 23. The molecule has 0 bridgehead atoms. The van der Waals surface area contributed by atoms with Gasteiger partial charge in [0, 0.05) is 0 Å². The van der Waals surface area contributed by atoms with Crippen molar-refractivity contribution in [1.82, 2.24) is 0 Å². The van der Waals surface area contributed by atoms with Crippen molar-refractivity contribution in [2.45, 2.75) is 174 Å². The van der Waals surface area contributed by atoms with Crippen molar-refractivity contribution in [3.63, 3.8) is 0 Å². The Hall–Kier alpha value is -0.110. The first kappa shape index (κ1) is 28.9. The van der Waals surface area contributed by atoms with E-state index in [1.807, 2.05) is 0 Å². The zero-order chi connectivity index (χ0) is 21.6. The monoisotopic (exact) mass is 414 g/mol. The second-order valence-electron chi connectivity index (χ2n) is 9.57. The summed E-state index contributed by atoms with van der Waals surface area (Å²) in [6, 6.07) is 0. The Balaban J connectivity index is 3.49. The third kappa shape index (κ3) is 18.4. The maximum atomic E-state index is 15.0. The summed E-state index contributed by atoms with van der Waals surface area (Å²) >= 11 is 0. The number of aliphatic hydroxyl groups is 1. The van der Waals surface area contributed by atoms with E-state index in [1.165, 1.54) is 103 Å². The van der Waals surface area contributed by atoms with E-state index in [2.05, 4.69) is 13.8 Å². The minimum atomic E-state index is -1.36. The summed E-state index contributed by atoms with van der Waals surface area (Å²) in [4.78, 5) is 0. The molecule has 0 aromatic carbocycles. The van der Waals surface area contributed by atoms with Gasteiger partial charge in [0.1, 0.15) is 5.67 Å². The number of unbranched alkanes of at least 4 members (excludes halogenated alkanes) is 18. The standard InChI is InChI=1S/C27H55FO/c1-4-6-8-10-11-12-13-14-15-16-17-18-19-21-23-25-27(28,26(3)29)24-22-20-9-7-5-2/h26,29H,4-25H2,1-3H3. The molecular formula is C27H55FO. The first-order chi connectivity index (χ1) is 14.1. The van der Waals surface area contributed by atoms with Crippen molar-refractivity contribution in [1.29, 1.82) is 0 Å². The molecule has 176 valence electrons. The van der Waals surface area contributed by atoms with Crippen LogP contribution in [0, 0.1) is 0 Å². The van der Waals surface area contributed by atoms with Crippen LogP contribution in [0.1, 0.15) is 162 Å². The minimum Gasteiger partial charge on any atom is -0.390 e. The van der Waals surface area contributed by atoms with E-state index in [0.29, 0.717) is 12.8 Å². The number of hydrogen-bond donors (Lipinski definition) is 1. The molecule has 0 amide bonds. The molecule has 0 heterocycles. The van der Waals surface area contributed by atoms with Crippen molar-refractivity contribution in [3.05, 3.63) is 0 Å². The fourth-order valence-corrected chi connectivity index (χ4v) is 4.36. The highest BCUT2D eigenvalue weighted by molar-refractivity contribution is 4.84. The van der Waals surface area contributed by atoms with E-state index in [1.54, 1.807) is 6.92 Å². The highest BCUT2D eigenvalue weighted by atomic mass is 19.1. The largest absolute Gasteiger partial charge is 0.390 e. The SMILES string of the molecule is CCCCCCCCCCCCCCCCCC(F)(CCCCCCC)C(C)O. The van der Waals surface area contributed by atoms with Gasteiger partial charge in [0.15, 0.2) is 0 Å². The van der Waals surface area contributed by atoms with E-state index in [9.17, 15) is 5.11 Å². The van der Waals surface area contributed by atoms with Gasteiger partial charge in [-0.15, -0.1) is 0 Å². The number of hydrogen-bond acceptors (Lipinski definition) is 1. The number of aliphatic hydroxyl groups excluding tert-OH is 1. The summed E-state index contributed by atoms with van der Waals surface area (Å²) < 4.78 is 15.0. The van der Waals surface area contributed by atoms with Crippen LogP contribution in [-0.2, 0) is 0 Å². The zero-order valence-corrected chi connectivity index (χ0v) is 20.5. The van der Waals surface area contributed by atoms with Gasteiger partial charge in [0.05, 0.1) is 6.10 Å². The molecule has 0 aliphatic heterocycles. The van der Waals surface area contributed by atoms with Crippen LogP contribution in [0.5, 0.6) is 0 Å². The maximum absolute atomic E-state index is 15.0. The molecule has 0 radical (unpaired) electrons. The molecule has 0 fully saturated rings. The van der Waals surface area contributed by atoms with Crippen molar-refractivity contribution < 1.29 is 9.50 Å². The van der Waals surface area contributed by atoms with Gasteiger partial charge >= 0.3 is 0 Å². The maximum Gasteiger partial charge on any atom is 0.136 e. The van der Waals surface area contributed by atoms with Crippen LogP contribution in [-0.4, -0.2) is 16.9 Å². The second-order valence-corrected chi connectivity index (χ2v) is 9.57. The van der Waals surface area contributed by atoms with E-state index in [-0.39, 0.29) is 0 Å². The Labute approximate surface area is 183 Å². The summed E-state index contributed by atoms with van der Waals surface area (Å²) in [5, 5.41) is 9.91. The van der Waals surface area contributed by atoms with E-state index in [0.717, 1.165) is 25.7 Å². The molecule has 2 atom stereocenters. The van der Waals surface area contributed by atoms with Gasteiger partial charge in [-0.05, 0) is 19.8 Å². The molecule has 1 N–H and O–H groups in total. The Morgan fingerprint density at radius 3 is 1.00 bits per heavy atom. The predicted octanol–water partition coefficient (Wildman–Crippen LogP) is 9.70. The van der Waals surface area contributed by atoms with E-state index in [4.69, 9.17) is 0 Å². The molecule has 2 heteroatoms. The summed E-state index contributed by atoms with van der Waals surface area (Å²) in [5.41, 5.74) is -1.36. The molecule has 0 rings (SSSR count). The molecule has 0 aromatic heterocycles. The lowest BCUT2D eigenvalue weighted by Crippen LogP contribution is -2.35. The van der Waals surface area contributed by atoms with Gasteiger partial charge < -0.3 is 5.11 Å². The highest BCUT2D eigenvalue weighted by Gasteiger charge is 2.33. The van der Waals surface area contributed by atoms with Gasteiger partial charge in [0.2, 0.25) is 0 Å². The molecule has 2 unspecified atom stereocenters. The van der Waals surface area contributed by atoms with Crippen LogP contribution in [0.15, 0.2) is 0 Å².